The molecule has 4 amide bonds. The van der Waals surface area contributed by atoms with E-state index < -0.39 is 17.9 Å². The van der Waals surface area contributed by atoms with Crippen LogP contribution in [0.2, 0.25) is 0 Å². The van der Waals surface area contributed by atoms with E-state index in [2.05, 4.69) is 21.3 Å². The van der Waals surface area contributed by atoms with Crippen molar-refractivity contribution in [1.82, 2.24) is 21.3 Å². The van der Waals surface area contributed by atoms with Gasteiger partial charge in [-0.05, 0) is 32.1 Å². The zero-order valence-corrected chi connectivity index (χ0v) is 24.6. The molecule has 0 aromatic carbocycles. The third kappa shape index (κ3) is 15.6. The molecule has 2 saturated heterocycles. The predicted molar refractivity (Wildman–Crippen MR) is 153 cm³/mol. The van der Waals surface area contributed by atoms with Gasteiger partial charge in [0.25, 0.3) is 0 Å². The standard InChI is InChI=1S/C26H47N5O9S/c27-8-10-37-11-12-38-13-14-39-15-16-40-17-23(33)29-19(25(34)35)5-3-4-9-28-22(32)7-2-1-6-21-24-20(18-41-21)30-26(36)31-24/h19-21,24H,1-18,27H2,(H,28,32)(H,29,33)(H,34,35)(H2,30,31,36)/t19-,20?,21-,24?/m0/s1. The van der Waals surface area contributed by atoms with Crippen molar-refractivity contribution in [3.05, 3.63) is 0 Å². The number of unbranched alkanes of at least 4 members (excludes halogenated alkanes) is 2. The van der Waals surface area contributed by atoms with Crippen LogP contribution in [0.4, 0.5) is 4.79 Å². The summed E-state index contributed by atoms with van der Waals surface area (Å²) in [5.41, 5.74) is 5.31. The SMILES string of the molecule is NCCOCCOCCOCCOCC(=O)N[C@@H](CCCCNC(=O)CCCC[C@@H]1SCC2NC(=O)NC21)C(=O)O. The summed E-state index contributed by atoms with van der Waals surface area (Å²) in [6, 6.07) is -0.713. The van der Waals surface area contributed by atoms with Crippen LogP contribution in [-0.4, -0.2) is 124 Å². The van der Waals surface area contributed by atoms with Crippen LogP contribution < -0.4 is 27.0 Å². The molecule has 41 heavy (non-hydrogen) atoms. The van der Waals surface area contributed by atoms with Crippen LogP contribution in [0.15, 0.2) is 0 Å². The van der Waals surface area contributed by atoms with Gasteiger partial charge < -0.3 is 51.1 Å². The van der Waals surface area contributed by atoms with Crippen LogP contribution >= 0.6 is 11.8 Å². The number of carboxylic acid groups (broad SMARTS) is 1. The zero-order chi connectivity index (χ0) is 29.7. The highest BCUT2D eigenvalue weighted by atomic mass is 32.2. The van der Waals surface area contributed by atoms with Gasteiger partial charge in [-0.3, -0.25) is 9.59 Å². The topological polar surface area (TPSA) is 200 Å². The maximum atomic E-state index is 12.1. The van der Waals surface area contributed by atoms with Crippen molar-refractivity contribution in [2.45, 2.75) is 68.3 Å². The third-order valence-corrected chi connectivity index (χ3v) is 8.08. The molecule has 7 N–H and O–H groups in total. The molecule has 0 bridgehead atoms. The van der Waals surface area contributed by atoms with Gasteiger partial charge in [0.05, 0.1) is 58.3 Å². The van der Waals surface area contributed by atoms with E-state index in [1.165, 1.54) is 0 Å². The minimum Gasteiger partial charge on any atom is -0.480 e. The summed E-state index contributed by atoms with van der Waals surface area (Å²) >= 11 is 1.87. The molecule has 2 heterocycles. The van der Waals surface area contributed by atoms with Gasteiger partial charge in [0.2, 0.25) is 11.8 Å². The van der Waals surface area contributed by atoms with Gasteiger partial charge in [0, 0.05) is 30.5 Å². The van der Waals surface area contributed by atoms with Gasteiger partial charge in [-0.15, -0.1) is 0 Å². The minimum absolute atomic E-state index is 0.0255. The Morgan fingerprint density at radius 2 is 1.61 bits per heavy atom. The summed E-state index contributed by atoms with van der Waals surface area (Å²) in [5, 5.41) is 21.0. The Morgan fingerprint density at radius 1 is 0.927 bits per heavy atom. The largest absolute Gasteiger partial charge is 0.480 e. The van der Waals surface area contributed by atoms with Crippen molar-refractivity contribution < 1.29 is 43.2 Å². The van der Waals surface area contributed by atoms with Crippen LogP contribution in [0, 0.1) is 0 Å². The van der Waals surface area contributed by atoms with Crippen molar-refractivity contribution in [3.8, 4) is 0 Å². The molecule has 2 fully saturated rings. The number of carbonyl (C=O) groups is 4. The van der Waals surface area contributed by atoms with E-state index in [1.807, 2.05) is 11.8 Å². The lowest BCUT2D eigenvalue weighted by atomic mass is 10.0. The van der Waals surface area contributed by atoms with E-state index in [4.69, 9.17) is 24.7 Å². The maximum absolute atomic E-state index is 12.1. The molecule has 15 heteroatoms. The molecule has 0 aromatic heterocycles. The first-order chi connectivity index (χ1) is 19.9. The fourth-order valence-corrected chi connectivity index (χ4v) is 6.01. The Balaban J connectivity index is 1.41. The molecule has 0 saturated carbocycles. The second-order valence-corrected chi connectivity index (χ2v) is 11.1. The number of carbonyl (C=O) groups excluding carboxylic acids is 3. The van der Waals surface area contributed by atoms with Crippen LogP contribution in [0.25, 0.3) is 0 Å². The summed E-state index contributed by atoms with van der Waals surface area (Å²) in [5.74, 6) is -0.722. The highest BCUT2D eigenvalue weighted by molar-refractivity contribution is 8.00. The number of thioether (sulfide) groups is 1. The summed E-state index contributed by atoms with van der Waals surface area (Å²) in [4.78, 5) is 47.1. The van der Waals surface area contributed by atoms with Gasteiger partial charge in [-0.1, -0.05) is 6.42 Å². The molecule has 0 aliphatic carbocycles. The van der Waals surface area contributed by atoms with Crippen molar-refractivity contribution in [2.75, 3.05) is 71.7 Å². The number of amides is 4. The highest BCUT2D eigenvalue weighted by Gasteiger charge is 2.42. The second kappa shape index (κ2) is 21.5. The predicted octanol–water partition coefficient (Wildman–Crippen LogP) is -0.407. The number of carboxylic acids is 1. The average molecular weight is 606 g/mol. The second-order valence-electron chi connectivity index (χ2n) is 9.85. The first-order valence-electron chi connectivity index (χ1n) is 14.4. The average Bonchev–Trinajstić information content (AvgIpc) is 3.49. The molecule has 0 radical (unpaired) electrons. The van der Waals surface area contributed by atoms with Gasteiger partial charge in [0.1, 0.15) is 12.6 Å². The summed E-state index contributed by atoms with van der Waals surface area (Å²) in [6.07, 6.45) is 4.50. The normalized spacial score (nSPS) is 20.2. The van der Waals surface area contributed by atoms with Crippen molar-refractivity contribution in [2.24, 2.45) is 5.73 Å². The highest BCUT2D eigenvalue weighted by Crippen LogP contribution is 2.33. The van der Waals surface area contributed by atoms with E-state index in [-0.39, 0.29) is 50.3 Å². The third-order valence-electron chi connectivity index (χ3n) is 6.57. The number of urea groups is 1. The Labute approximate surface area is 245 Å². The van der Waals surface area contributed by atoms with E-state index in [0.717, 1.165) is 25.0 Å². The van der Waals surface area contributed by atoms with Gasteiger partial charge >= 0.3 is 12.0 Å². The lowest BCUT2D eigenvalue weighted by Crippen LogP contribution is -2.42. The Kier molecular flexibility index (Phi) is 18.4. The quantitative estimate of drug-likeness (QED) is 0.0584. The van der Waals surface area contributed by atoms with Crippen molar-refractivity contribution >= 4 is 35.6 Å². The fraction of sp³-hybridized carbons (Fsp3) is 0.846. The van der Waals surface area contributed by atoms with E-state index in [9.17, 15) is 24.3 Å². The summed E-state index contributed by atoms with van der Waals surface area (Å²) in [7, 11) is 0. The number of rotatable bonds is 25. The Bertz CT molecular complexity index is 794. The summed E-state index contributed by atoms with van der Waals surface area (Å²) in [6.45, 7) is 3.39. The fourth-order valence-electron chi connectivity index (χ4n) is 4.47. The smallest absolute Gasteiger partial charge is 0.326 e. The molecule has 4 atom stereocenters. The Morgan fingerprint density at radius 3 is 2.29 bits per heavy atom. The summed E-state index contributed by atoms with van der Waals surface area (Å²) < 4.78 is 21.1. The first-order valence-corrected chi connectivity index (χ1v) is 15.4. The number of ether oxygens (including phenoxy) is 4. The van der Waals surface area contributed by atoms with E-state index >= 15 is 0 Å². The molecule has 2 aliphatic rings. The molecule has 2 unspecified atom stereocenters. The van der Waals surface area contributed by atoms with E-state index in [0.29, 0.717) is 70.6 Å². The van der Waals surface area contributed by atoms with E-state index in [1.54, 1.807) is 0 Å². The number of nitrogens with two attached hydrogens (primary N) is 1. The molecule has 236 valence electrons. The molecular formula is C26H47N5O9S. The van der Waals surface area contributed by atoms with Gasteiger partial charge in [0.15, 0.2) is 0 Å². The van der Waals surface area contributed by atoms with Crippen LogP contribution in [0.1, 0.15) is 44.9 Å². The van der Waals surface area contributed by atoms with Crippen LogP contribution in [-0.2, 0) is 33.3 Å². The molecular weight excluding hydrogens is 558 g/mol. The van der Waals surface area contributed by atoms with Crippen molar-refractivity contribution in [1.29, 1.82) is 0 Å². The molecule has 2 aliphatic heterocycles. The molecule has 14 nitrogen and oxygen atoms in total. The Hall–Kier alpha value is -2.17. The van der Waals surface area contributed by atoms with Crippen LogP contribution in [0.5, 0.6) is 0 Å². The molecule has 0 spiro atoms. The number of hydrogen-bond donors (Lipinski definition) is 6. The number of hydrogen-bond acceptors (Lipinski definition) is 10. The number of nitrogens with one attached hydrogen (secondary N) is 4. The lowest BCUT2D eigenvalue weighted by Gasteiger charge is -2.16. The molecule has 2 rings (SSSR count). The van der Waals surface area contributed by atoms with Crippen LogP contribution in [0.3, 0.4) is 0 Å². The lowest BCUT2D eigenvalue weighted by molar-refractivity contribution is -0.142. The maximum Gasteiger partial charge on any atom is 0.326 e. The zero-order valence-electron chi connectivity index (χ0n) is 23.7. The van der Waals surface area contributed by atoms with Crippen molar-refractivity contribution in [3.63, 3.8) is 0 Å². The molecule has 0 aromatic rings. The first kappa shape index (κ1) is 35.0. The number of fused-ring (bicyclic) bond motifs is 1. The number of aliphatic carboxylic acids is 1. The minimum atomic E-state index is -1.11. The van der Waals surface area contributed by atoms with Gasteiger partial charge in [-0.25, -0.2) is 9.59 Å². The van der Waals surface area contributed by atoms with Gasteiger partial charge in [-0.2, -0.15) is 11.8 Å². The monoisotopic (exact) mass is 605 g/mol.